The van der Waals surface area contributed by atoms with Crippen LogP contribution in [0.15, 0.2) is 0 Å². The number of hydrogen-bond donors (Lipinski definition) is 1. The Kier molecular flexibility index (Phi) is 4.78. The van der Waals surface area contributed by atoms with Gasteiger partial charge in [-0.3, -0.25) is 10.1 Å². The number of nitrogens with one attached hydrogen (secondary N) is 1. The van der Waals surface area contributed by atoms with E-state index >= 15 is 0 Å². The molecule has 0 bridgehead atoms. The van der Waals surface area contributed by atoms with Crippen LogP contribution in [-0.4, -0.2) is 28.6 Å². The number of rotatable bonds is 5. The highest BCUT2D eigenvalue weighted by Crippen LogP contribution is 2.37. The molecule has 0 radical (unpaired) electrons. The van der Waals surface area contributed by atoms with Crippen LogP contribution in [0, 0.1) is 11.8 Å². The van der Waals surface area contributed by atoms with E-state index in [1.54, 1.807) is 0 Å². The Morgan fingerprint density at radius 2 is 1.90 bits per heavy atom. The van der Waals surface area contributed by atoms with E-state index in [9.17, 15) is 4.79 Å². The Hall–Kier alpha value is -0.570. The highest BCUT2D eigenvalue weighted by atomic mass is 16.2. The van der Waals surface area contributed by atoms with E-state index in [1.165, 1.54) is 25.7 Å². The van der Waals surface area contributed by atoms with Crippen LogP contribution < -0.4 is 5.32 Å². The van der Waals surface area contributed by atoms with E-state index in [0.29, 0.717) is 23.8 Å². The molecule has 116 valence electrons. The number of nitrogens with zero attached hydrogens (tertiary/aromatic N) is 1. The molecule has 4 unspecified atom stereocenters. The maximum Gasteiger partial charge on any atom is 0.244 e. The van der Waals surface area contributed by atoms with Crippen LogP contribution in [0.3, 0.4) is 0 Å². The fraction of sp³-hybridized carbons (Fsp3) is 0.941. The fourth-order valence-electron chi connectivity index (χ4n) is 3.79. The van der Waals surface area contributed by atoms with Crippen molar-refractivity contribution in [2.75, 3.05) is 0 Å². The summed E-state index contributed by atoms with van der Waals surface area (Å²) < 4.78 is 0. The van der Waals surface area contributed by atoms with Gasteiger partial charge < -0.3 is 4.90 Å². The van der Waals surface area contributed by atoms with E-state index in [1.807, 2.05) is 0 Å². The van der Waals surface area contributed by atoms with Crippen LogP contribution in [0.2, 0.25) is 0 Å². The summed E-state index contributed by atoms with van der Waals surface area (Å²) in [7, 11) is 0. The molecule has 3 heteroatoms. The molecule has 1 saturated heterocycles. The first-order chi connectivity index (χ1) is 9.44. The van der Waals surface area contributed by atoms with Crippen molar-refractivity contribution < 1.29 is 4.79 Å². The molecule has 1 heterocycles. The Morgan fingerprint density at radius 3 is 2.40 bits per heavy atom. The van der Waals surface area contributed by atoms with Crippen LogP contribution in [0.4, 0.5) is 0 Å². The van der Waals surface area contributed by atoms with Crippen molar-refractivity contribution in [3.8, 4) is 0 Å². The summed E-state index contributed by atoms with van der Waals surface area (Å²) in [6, 6.07) is 0.332. The largest absolute Gasteiger partial charge is 0.322 e. The topological polar surface area (TPSA) is 32.3 Å². The predicted molar refractivity (Wildman–Crippen MR) is 83.3 cm³/mol. The SMILES string of the molecule is CCC(C)C(C)N1C(=O)C(C)(CC)NC1C1CCCC1. The van der Waals surface area contributed by atoms with Crippen molar-refractivity contribution in [3.05, 3.63) is 0 Å². The summed E-state index contributed by atoms with van der Waals surface area (Å²) in [6.07, 6.45) is 7.46. The number of hydrogen-bond acceptors (Lipinski definition) is 2. The first-order valence-corrected chi connectivity index (χ1v) is 8.55. The monoisotopic (exact) mass is 280 g/mol. The van der Waals surface area contributed by atoms with Crippen molar-refractivity contribution in [3.63, 3.8) is 0 Å². The Balaban J connectivity index is 2.25. The molecule has 4 atom stereocenters. The van der Waals surface area contributed by atoms with Crippen LogP contribution >= 0.6 is 0 Å². The third-order valence-electron chi connectivity index (χ3n) is 5.93. The standard InChI is InChI=1S/C17H32N2O/c1-6-12(3)13(4)19-15(14-10-8-9-11-14)18-17(5,7-2)16(19)20/h12-15,18H,6-11H2,1-5H3. The van der Waals surface area contributed by atoms with Gasteiger partial charge in [-0.2, -0.15) is 0 Å². The molecule has 1 aliphatic carbocycles. The summed E-state index contributed by atoms with van der Waals surface area (Å²) in [4.78, 5) is 15.2. The average Bonchev–Trinajstić information content (AvgIpc) is 3.06. The van der Waals surface area contributed by atoms with E-state index in [-0.39, 0.29) is 11.7 Å². The van der Waals surface area contributed by atoms with Gasteiger partial charge in [-0.15, -0.1) is 0 Å². The molecule has 1 saturated carbocycles. The second-order valence-electron chi connectivity index (χ2n) is 7.16. The summed E-state index contributed by atoms with van der Waals surface area (Å²) in [5.74, 6) is 1.53. The molecule has 0 aromatic carbocycles. The lowest BCUT2D eigenvalue weighted by molar-refractivity contribution is -0.136. The number of amides is 1. The molecule has 2 fully saturated rings. The molecule has 0 spiro atoms. The van der Waals surface area contributed by atoms with Gasteiger partial charge in [0.1, 0.15) is 0 Å². The van der Waals surface area contributed by atoms with Gasteiger partial charge in [-0.05, 0) is 44.9 Å². The predicted octanol–water partition coefficient (Wildman–Crippen LogP) is 3.54. The van der Waals surface area contributed by atoms with Gasteiger partial charge in [-0.1, -0.05) is 40.0 Å². The third-order valence-corrected chi connectivity index (χ3v) is 5.93. The van der Waals surface area contributed by atoms with Gasteiger partial charge in [-0.25, -0.2) is 0 Å². The first kappa shape index (κ1) is 15.8. The molecule has 0 aromatic rings. The second-order valence-corrected chi connectivity index (χ2v) is 7.16. The van der Waals surface area contributed by atoms with Gasteiger partial charge in [0.15, 0.2) is 0 Å². The Bertz CT molecular complexity index is 351. The molecule has 2 rings (SSSR count). The quantitative estimate of drug-likeness (QED) is 0.835. The van der Waals surface area contributed by atoms with Crippen molar-refractivity contribution in [2.24, 2.45) is 11.8 Å². The van der Waals surface area contributed by atoms with Crippen molar-refractivity contribution in [1.29, 1.82) is 0 Å². The van der Waals surface area contributed by atoms with Gasteiger partial charge in [0.2, 0.25) is 5.91 Å². The highest BCUT2D eigenvalue weighted by molar-refractivity contribution is 5.88. The second kappa shape index (κ2) is 6.05. The van der Waals surface area contributed by atoms with Crippen molar-refractivity contribution >= 4 is 5.91 Å². The van der Waals surface area contributed by atoms with Crippen LogP contribution in [-0.2, 0) is 4.79 Å². The summed E-state index contributed by atoms with van der Waals surface area (Å²) in [5.41, 5.74) is -0.352. The van der Waals surface area contributed by atoms with Crippen molar-refractivity contribution in [2.45, 2.75) is 90.9 Å². The molecule has 20 heavy (non-hydrogen) atoms. The maximum absolute atomic E-state index is 13.0. The fourth-order valence-corrected chi connectivity index (χ4v) is 3.79. The molecule has 0 aromatic heterocycles. The van der Waals surface area contributed by atoms with Gasteiger partial charge >= 0.3 is 0 Å². The lowest BCUT2D eigenvalue weighted by Gasteiger charge is -2.36. The summed E-state index contributed by atoms with van der Waals surface area (Å²) in [6.45, 7) is 10.9. The van der Waals surface area contributed by atoms with Gasteiger partial charge in [0.05, 0.1) is 11.7 Å². The minimum absolute atomic E-state index is 0.263. The lowest BCUT2D eigenvalue weighted by atomic mass is 9.95. The molecule has 3 nitrogen and oxygen atoms in total. The maximum atomic E-state index is 13.0. The number of carbonyl (C=O) groups excluding carboxylic acids is 1. The van der Waals surface area contributed by atoms with E-state index < -0.39 is 0 Å². The smallest absolute Gasteiger partial charge is 0.244 e. The third kappa shape index (κ3) is 2.61. The average molecular weight is 280 g/mol. The van der Waals surface area contributed by atoms with E-state index in [0.717, 1.165) is 12.8 Å². The molecular formula is C17H32N2O. The molecule has 1 amide bonds. The molecule has 2 aliphatic rings. The Morgan fingerprint density at radius 1 is 1.30 bits per heavy atom. The van der Waals surface area contributed by atoms with Gasteiger partial charge in [0, 0.05) is 6.04 Å². The lowest BCUT2D eigenvalue weighted by Crippen LogP contribution is -2.49. The highest BCUT2D eigenvalue weighted by Gasteiger charge is 2.51. The molecule has 1 N–H and O–H groups in total. The normalized spacial score (nSPS) is 34.8. The summed E-state index contributed by atoms with van der Waals surface area (Å²) >= 11 is 0. The Labute approximate surface area is 124 Å². The first-order valence-electron chi connectivity index (χ1n) is 8.55. The zero-order chi connectivity index (χ0) is 14.9. The van der Waals surface area contributed by atoms with E-state index in [4.69, 9.17) is 0 Å². The van der Waals surface area contributed by atoms with E-state index in [2.05, 4.69) is 44.8 Å². The molecule has 1 aliphatic heterocycles. The minimum Gasteiger partial charge on any atom is -0.322 e. The minimum atomic E-state index is -0.352. The van der Waals surface area contributed by atoms with Crippen molar-refractivity contribution in [1.82, 2.24) is 10.2 Å². The zero-order valence-corrected chi connectivity index (χ0v) is 13.9. The number of carbonyl (C=O) groups is 1. The van der Waals surface area contributed by atoms with Crippen LogP contribution in [0.25, 0.3) is 0 Å². The van der Waals surface area contributed by atoms with Gasteiger partial charge in [0.25, 0.3) is 0 Å². The van der Waals surface area contributed by atoms with Crippen LogP contribution in [0.1, 0.15) is 73.1 Å². The molecular weight excluding hydrogens is 248 g/mol. The summed E-state index contributed by atoms with van der Waals surface area (Å²) in [5, 5.41) is 3.70. The zero-order valence-electron chi connectivity index (χ0n) is 13.9. The van der Waals surface area contributed by atoms with Crippen LogP contribution in [0.5, 0.6) is 0 Å².